The molecular weight excluding hydrogens is 308 g/mol. The number of hydrogen-bond acceptors (Lipinski definition) is 5. The van der Waals surface area contributed by atoms with Gasteiger partial charge in [-0.05, 0) is 42.8 Å². The molecule has 122 valence electrons. The average molecular weight is 330 g/mol. The van der Waals surface area contributed by atoms with Crippen molar-refractivity contribution in [1.29, 1.82) is 0 Å². The predicted molar refractivity (Wildman–Crippen MR) is 93.6 cm³/mol. The minimum absolute atomic E-state index is 0.135. The van der Waals surface area contributed by atoms with Crippen molar-refractivity contribution in [3.8, 4) is 10.6 Å². The number of nitrogens with zero attached hydrogens (tertiary/aromatic N) is 3. The highest BCUT2D eigenvalue weighted by atomic mass is 32.1. The smallest absolute Gasteiger partial charge is 0.223 e. The lowest BCUT2D eigenvalue weighted by atomic mass is 9.96. The van der Waals surface area contributed by atoms with Gasteiger partial charge in [-0.15, -0.1) is 21.5 Å². The van der Waals surface area contributed by atoms with Crippen LogP contribution in [0.5, 0.6) is 0 Å². The van der Waals surface area contributed by atoms with Gasteiger partial charge in [-0.25, -0.2) is 0 Å². The third-order valence-corrected chi connectivity index (χ3v) is 5.06. The second-order valence-corrected chi connectivity index (χ2v) is 6.75. The Balaban J connectivity index is 1.56. The minimum atomic E-state index is 0.135. The highest BCUT2D eigenvalue weighted by Crippen LogP contribution is 2.25. The number of rotatable bonds is 5. The minimum Gasteiger partial charge on any atom is -0.356 e. The van der Waals surface area contributed by atoms with Gasteiger partial charge in [0, 0.05) is 25.6 Å². The lowest BCUT2D eigenvalue weighted by Crippen LogP contribution is -2.41. The van der Waals surface area contributed by atoms with E-state index in [1.165, 1.54) is 0 Å². The summed E-state index contributed by atoms with van der Waals surface area (Å²) in [6, 6.07) is 8.12. The summed E-state index contributed by atoms with van der Waals surface area (Å²) in [5, 5.41) is 13.7. The van der Waals surface area contributed by atoms with E-state index in [4.69, 9.17) is 0 Å². The zero-order chi connectivity index (χ0) is 16.1. The van der Waals surface area contributed by atoms with Gasteiger partial charge in [-0.1, -0.05) is 13.0 Å². The number of amides is 1. The van der Waals surface area contributed by atoms with E-state index in [2.05, 4.69) is 33.4 Å². The van der Waals surface area contributed by atoms with Crippen LogP contribution in [0.25, 0.3) is 10.6 Å². The zero-order valence-electron chi connectivity index (χ0n) is 13.4. The highest BCUT2D eigenvalue weighted by molar-refractivity contribution is 7.13. The van der Waals surface area contributed by atoms with Crippen LogP contribution in [0.1, 0.15) is 26.2 Å². The number of aromatic nitrogens is 2. The Morgan fingerprint density at radius 3 is 2.74 bits per heavy atom. The molecule has 3 rings (SSSR count). The fourth-order valence-corrected chi connectivity index (χ4v) is 3.50. The second-order valence-electron chi connectivity index (χ2n) is 5.81. The van der Waals surface area contributed by atoms with Gasteiger partial charge >= 0.3 is 0 Å². The van der Waals surface area contributed by atoms with E-state index in [0.29, 0.717) is 0 Å². The van der Waals surface area contributed by atoms with Gasteiger partial charge in [0.05, 0.1) is 4.88 Å². The van der Waals surface area contributed by atoms with Crippen LogP contribution in [-0.4, -0.2) is 35.7 Å². The number of carbonyl (C=O) groups is 1. The Kier molecular flexibility index (Phi) is 5.23. The van der Waals surface area contributed by atoms with E-state index >= 15 is 0 Å². The van der Waals surface area contributed by atoms with E-state index in [-0.39, 0.29) is 11.8 Å². The first-order valence-corrected chi connectivity index (χ1v) is 9.06. The first kappa shape index (κ1) is 15.9. The van der Waals surface area contributed by atoms with E-state index in [1.54, 1.807) is 11.3 Å². The second kappa shape index (κ2) is 7.55. The number of thiophene rings is 1. The van der Waals surface area contributed by atoms with Crippen LogP contribution in [-0.2, 0) is 4.79 Å². The first-order chi connectivity index (χ1) is 11.3. The Morgan fingerprint density at radius 1 is 1.30 bits per heavy atom. The molecule has 0 radical (unpaired) electrons. The normalized spacial score (nSPS) is 15.6. The summed E-state index contributed by atoms with van der Waals surface area (Å²) in [6.07, 6.45) is 2.74. The standard InChI is InChI=1S/C17H22N4OS/c1-2-9-18-17(22)13-7-10-21(11-8-13)16-6-5-14(19-20-16)15-4-3-12-23-15/h3-6,12-13H,2,7-11H2,1H3,(H,18,22). The van der Waals surface area contributed by atoms with Crippen LogP contribution in [0, 0.1) is 5.92 Å². The number of anilines is 1. The van der Waals surface area contributed by atoms with Gasteiger partial charge in [0.1, 0.15) is 5.69 Å². The van der Waals surface area contributed by atoms with E-state index in [1.807, 2.05) is 23.6 Å². The first-order valence-electron chi connectivity index (χ1n) is 8.18. The molecule has 0 saturated carbocycles. The molecule has 0 aromatic carbocycles. The summed E-state index contributed by atoms with van der Waals surface area (Å²) >= 11 is 1.67. The number of carbonyl (C=O) groups excluding carboxylic acids is 1. The van der Waals surface area contributed by atoms with E-state index < -0.39 is 0 Å². The molecule has 0 atom stereocenters. The van der Waals surface area contributed by atoms with Crippen molar-refractivity contribution >= 4 is 23.1 Å². The van der Waals surface area contributed by atoms with Crippen molar-refractivity contribution in [2.24, 2.45) is 5.92 Å². The topological polar surface area (TPSA) is 58.1 Å². The summed E-state index contributed by atoms with van der Waals surface area (Å²) in [5.41, 5.74) is 0.914. The van der Waals surface area contributed by atoms with Crippen molar-refractivity contribution in [3.63, 3.8) is 0 Å². The van der Waals surface area contributed by atoms with Crippen LogP contribution in [0.15, 0.2) is 29.6 Å². The molecule has 1 N–H and O–H groups in total. The maximum atomic E-state index is 12.0. The van der Waals surface area contributed by atoms with Gasteiger partial charge in [0.25, 0.3) is 0 Å². The molecule has 0 unspecified atom stereocenters. The maximum absolute atomic E-state index is 12.0. The predicted octanol–water partition coefficient (Wildman–Crippen LogP) is 2.95. The van der Waals surface area contributed by atoms with E-state index in [9.17, 15) is 4.79 Å². The van der Waals surface area contributed by atoms with Crippen LogP contribution < -0.4 is 10.2 Å². The van der Waals surface area contributed by atoms with Crippen LogP contribution in [0.3, 0.4) is 0 Å². The van der Waals surface area contributed by atoms with E-state index in [0.717, 1.165) is 55.3 Å². The molecule has 23 heavy (non-hydrogen) atoms. The maximum Gasteiger partial charge on any atom is 0.223 e. The van der Waals surface area contributed by atoms with Gasteiger partial charge in [-0.3, -0.25) is 4.79 Å². The van der Waals surface area contributed by atoms with Crippen molar-refractivity contribution in [1.82, 2.24) is 15.5 Å². The molecule has 2 aromatic heterocycles. The fraction of sp³-hybridized carbons (Fsp3) is 0.471. The molecule has 5 nitrogen and oxygen atoms in total. The van der Waals surface area contributed by atoms with Crippen LogP contribution >= 0.6 is 11.3 Å². The molecule has 1 saturated heterocycles. The number of piperidine rings is 1. The SMILES string of the molecule is CCCNC(=O)C1CCN(c2ccc(-c3cccs3)nn2)CC1. The molecule has 1 fully saturated rings. The largest absolute Gasteiger partial charge is 0.356 e. The van der Waals surface area contributed by atoms with Crippen LogP contribution in [0.2, 0.25) is 0 Å². The molecule has 0 bridgehead atoms. The molecule has 3 heterocycles. The van der Waals surface area contributed by atoms with Crippen molar-refractivity contribution in [2.45, 2.75) is 26.2 Å². The van der Waals surface area contributed by atoms with Crippen molar-refractivity contribution in [2.75, 3.05) is 24.5 Å². The summed E-state index contributed by atoms with van der Waals surface area (Å²) < 4.78 is 0. The molecule has 1 aliphatic heterocycles. The molecule has 2 aromatic rings. The Bertz CT molecular complexity index is 619. The van der Waals surface area contributed by atoms with Gasteiger partial charge in [-0.2, -0.15) is 0 Å². The molecular formula is C17H22N4OS. The summed E-state index contributed by atoms with van der Waals surface area (Å²) in [4.78, 5) is 15.4. The molecule has 0 aliphatic carbocycles. The Morgan fingerprint density at radius 2 is 2.13 bits per heavy atom. The van der Waals surface area contributed by atoms with Gasteiger partial charge in [0.2, 0.25) is 5.91 Å². The monoisotopic (exact) mass is 330 g/mol. The van der Waals surface area contributed by atoms with Gasteiger partial charge < -0.3 is 10.2 Å². The Hall–Kier alpha value is -1.95. The Labute approximate surface area is 140 Å². The van der Waals surface area contributed by atoms with Crippen LogP contribution in [0.4, 0.5) is 5.82 Å². The average Bonchev–Trinajstić information content (AvgIpc) is 3.14. The number of nitrogens with one attached hydrogen (secondary N) is 1. The van der Waals surface area contributed by atoms with Crippen molar-refractivity contribution < 1.29 is 4.79 Å². The third-order valence-electron chi connectivity index (χ3n) is 4.16. The molecule has 1 aliphatic rings. The molecule has 6 heteroatoms. The number of hydrogen-bond donors (Lipinski definition) is 1. The summed E-state index contributed by atoms with van der Waals surface area (Å²) in [5.74, 6) is 1.24. The fourth-order valence-electron chi connectivity index (χ4n) is 2.81. The molecule has 0 spiro atoms. The van der Waals surface area contributed by atoms with Crippen molar-refractivity contribution in [3.05, 3.63) is 29.6 Å². The molecule has 1 amide bonds. The quantitative estimate of drug-likeness (QED) is 0.916. The zero-order valence-corrected chi connectivity index (χ0v) is 14.2. The highest BCUT2D eigenvalue weighted by Gasteiger charge is 2.25. The lowest BCUT2D eigenvalue weighted by Gasteiger charge is -2.31. The summed E-state index contributed by atoms with van der Waals surface area (Å²) in [6.45, 7) is 4.56. The van der Waals surface area contributed by atoms with Gasteiger partial charge in [0.15, 0.2) is 5.82 Å². The third kappa shape index (κ3) is 3.88. The summed E-state index contributed by atoms with van der Waals surface area (Å²) in [7, 11) is 0. The lowest BCUT2D eigenvalue weighted by molar-refractivity contribution is -0.125.